The number of benzene rings is 2. The van der Waals surface area contributed by atoms with E-state index in [1.165, 1.54) is 12.1 Å². The zero-order valence-corrected chi connectivity index (χ0v) is 11.1. The second kappa shape index (κ2) is 6.51. The van der Waals surface area contributed by atoms with E-state index >= 15 is 0 Å². The monoisotopic (exact) mass is 258 g/mol. The van der Waals surface area contributed by atoms with Crippen LogP contribution in [0.25, 0.3) is 0 Å². The zero-order chi connectivity index (χ0) is 13.7. The summed E-state index contributed by atoms with van der Waals surface area (Å²) in [5, 5.41) is 0. The van der Waals surface area contributed by atoms with Crippen LogP contribution in [0.1, 0.15) is 19.8 Å². The molecule has 0 nitrogen and oxygen atoms in total. The quantitative estimate of drug-likeness (QED) is 0.721. The highest BCUT2D eigenvalue weighted by Gasteiger charge is 2.23. The Labute approximate surface area is 113 Å². The molecule has 2 aromatic rings. The summed E-state index contributed by atoms with van der Waals surface area (Å²) in [6.45, 7) is 1.88. The normalized spacial score (nSPS) is 10.5. The molecule has 0 atom stereocenters. The van der Waals surface area contributed by atoms with E-state index in [-0.39, 0.29) is 18.3 Å². The molecule has 0 unspecified atom stereocenters. The minimum Gasteiger partial charge on any atom is -0.208 e. The highest BCUT2D eigenvalue weighted by molar-refractivity contribution is 6.85. The first-order valence-electron chi connectivity index (χ1n) is 6.73. The van der Waals surface area contributed by atoms with Crippen LogP contribution in [0.3, 0.4) is 0 Å². The summed E-state index contributed by atoms with van der Waals surface area (Å²) in [5.41, 5.74) is 1.17. The molecule has 0 bridgehead atoms. The third kappa shape index (κ3) is 3.22. The third-order valence-corrected chi connectivity index (χ3v) is 3.41. The fourth-order valence-corrected chi connectivity index (χ4v) is 2.40. The van der Waals surface area contributed by atoms with Crippen LogP contribution in [0.15, 0.2) is 48.5 Å². The third-order valence-electron chi connectivity index (χ3n) is 3.41. The van der Waals surface area contributed by atoms with Gasteiger partial charge in [-0.2, -0.15) is 0 Å². The lowest BCUT2D eigenvalue weighted by Gasteiger charge is -2.15. The van der Waals surface area contributed by atoms with Gasteiger partial charge in [0.05, 0.1) is 0 Å². The Morgan fingerprint density at radius 2 is 1.32 bits per heavy atom. The van der Waals surface area contributed by atoms with Gasteiger partial charge in [-0.15, -0.1) is 0 Å². The Morgan fingerprint density at radius 1 is 0.842 bits per heavy atom. The molecule has 0 radical (unpaired) electrons. The molecule has 0 amide bonds. The van der Waals surface area contributed by atoms with Crippen molar-refractivity contribution in [3.63, 3.8) is 0 Å². The number of halogens is 2. The van der Waals surface area contributed by atoms with Crippen LogP contribution in [-0.2, 0) is 0 Å². The van der Waals surface area contributed by atoms with Gasteiger partial charge in [0.1, 0.15) is 11.6 Å². The molecule has 98 valence electrons. The average molecular weight is 258 g/mol. The minimum atomic E-state index is -0.258. The molecule has 0 aliphatic carbocycles. The Kier molecular flexibility index (Phi) is 4.72. The van der Waals surface area contributed by atoms with Crippen molar-refractivity contribution in [2.75, 3.05) is 0 Å². The van der Waals surface area contributed by atoms with Crippen molar-refractivity contribution in [3.05, 3.63) is 60.2 Å². The fraction of sp³-hybridized carbons (Fsp3) is 0.250. The predicted molar refractivity (Wildman–Crippen MR) is 77.5 cm³/mol. The van der Waals surface area contributed by atoms with Crippen molar-refractivity contribution in [3.8, 4) is 0 Å². The lowest BCUT2D eigenvalue weighted by molar-refractivity contribution is 0.632. The summed E-state index contributed by atoms with van der Waals surface area (Å²) in [5.74, 6) is -0.515. The highest BCUT2D eigenvalue weighted by Crippen LogP contribution is 2.07. The smallest absolute Gasteiger partial charge is 0.208 e. The molecular weight excluding hydrogens is 241 g/mol. The minimum absolute atomic E-state index is 0.206. The SMILES string of the molecule is CCCCB(c1ccccc1F)c1ccccc1F. The van der Waals surface area contributed by atoms with Gasteiger partial charge in [-0.1, -0.05) is 62.5 Å². The fourth-order valence-electron chi connectivity index (χ4n) is 2.40. The second-order valence-corrected chi connectivity index (χ2v) is 4.74. The van der Waals surface area contributed by atoms with Crippen LogP contribution in [0.2, 0.25) is 6.32 Å². The number of rotatable bonds is 5. The molecular formula is C16H17BF2. The Morgan fingerprint density at radius 3 is 1.74 bits per heavy atom. The molecule has 3 heteroatoms. The average Bonchev–Trinajstić information content (AvgIpc) is 2.42. The summed E-state index contributed by atoms with van der Waals surface area (Å²) >= 11 is 0. The van der Waals surface area contributed by atoms with E-state index < -0.39 is 0 Å². The van der Waals surface area contributed by atoms with E-state index in [1.807, 2.05) is 0 Å². The van der Waals surface area contributed by atoms with Gasteiger partial charge in [0.15, 0.2) is 0 Å². The van der Waals surface area contributed by atoms with Gasteiger partial charge in [-0.05, 0) is 23.1 Å². The van der Waals surface area contributed by atoms with Crippen molar-refractivity contribution in [2.45, 2.75) is 26.1 Å². The lowest BCUT2D eigenvalue weighted by atomic mass is 9.38. The molecule has 0 aliphatic rings. The topological polar surface area (TPSA) is 0 Å². The van der Waals surface area contributed by atoms with Crippen molar-refractivity contribution in [1.29, 1.82) is 0 Å². The first kappa shape index (κ1) is 13.8. The van der Waals surface area contributed by atoms with Gasteiger partial charge in [0, 0.05) is 0 Å². The van der Waals surface area contributed by atoms with E-state index in [2.05, 4.69) is 6.92 Å². The Balaban J connectivity index is 2.42. The van der Waals surface area contributed by atoms with Crippen molar-refractivity contribution in [2.24, 2.45) is 0 Å². The van der Waals surface area contributed by atoms with Gasteiger partial charge in [-0.25, -0.2) is 8.78 Å². The molecule has 0 saturated heterocycles. The first-order valence-corrected chi connectivity index (χ1v) is 6.73. The van der Waals surface area contributed by atoms with E-state index in [1.54, 1.807) is 36.4 Å². The molecule has 2 rings (SSSR count). The number of unbranched alkanes of at least 4 members (excludes halogenated alkanes) is 1. The van der Waals surface area contributed by atoms with Crippen molar-refractivity contribution >= 4 is 17.6 Å². The summed E-state index contributed by atoms with van der Waals surface area (Å²) in [4.78, 5) is 0. The van der Waals surface area contributed by atoms with Gasteiger partial charge >= 0.3 is 0 Å². The lowest BCUT2D eigenvalue weighted by Crippen LogP contribution is -2.45. The standard InChI is InChI=1S/C16H17BF2/c1-2-3-12-17(13-8-4-6-10-15(13)18)14-9-5-7-11-16(14)19/h4-11H,2-3,12H2,1H3. The molecule has 0 heterocycles. The van der Waals surface area contributed by atoms with Crippen LogP contribution < -0.4 is 10.9 Å². The maximum absolute atomic E-state index is 14.0. The van der Waals surface area contributed by atoms with E-state index in [4.69, 9.17) is 0 Å². The Bertz CT molecular complexity index is 494. The van der Waals surface area contributed by atoms with E-state index in [9.17, 15) is 8.78 Å². The maximum atomic E-state index is 14.0. The summed E-state index contributed by atoms with van der Waals surface area (Å²) in [6, 6.07) is 13.3. The summed E-state index contributed by atoms with van der Waals surface area (Å²) < 4.78 is 27.9. The molecule has 0 aliphatic heterocycles. The van der Waals surface area contributed by atoms with Crippen molar-refractivity contribution in [1.82, 2.24) is 0 Å². The zero-order valence-electron chi connectivity index (χ0n) is 11.1. The molecule has 0 fully saturated rings. The van der Waals surface area contributed by atoms with E-state index in [0.717, 1.165) is 19.2 Å². The highest BCUT2D eigenvalue weighted by atomic mass is 19.1. The van der Waals surface area contributed by atoms with Gasteiger partial charge in [-0.3, -0.25) is 0 Å². The van der Waals surface area contributed by atoms with Gasteiger partial charge in [0.25, 0.3) is 0 Å². The molecule has 19 heavy (non-hydrogen) atoms. The number of hydrogen-bond acceptors (Lipinski definition) is 0. The van der Waals surface area contributed by atoms with Gasteiger partial charge in [0.2, 0.25) is 6.71 Å². The number of hydrogen-bond donors (Lipinski definition) is 0. The van der Waals surface area contributed by atoms with Crippen LogP contribution in [0.5, 0.6) is 0 Å². The summed E-state index contributed by atoms with van der Waals surface area (Å²) in [6.07, 6.45) is 2.73. The predicted octanol–water partition coefficient (Wildman–Crippen LogP) is 3.37. The molecule has 0 N–H and O–H groups in total. The van der Waals surface area contributed by atoms with Crippen LogP contribution in [0.4, 0.5) is 8.78 Å². The Hall–Kier alpha value is -1.64. The van der Waals surface area contributed by atoms with Crippen LogP contribution >= 0.6 is 0 Å². The van der Waals surface area contributed by atoms with Crippen LogP contribution in [0, 0.1) is 11.6 Å². The van der Waals surface area contributed by atoms with E-state index in [0.29, 0.717) is 10.9 Å². The molecule has 0 saturated carbocycles. The van der Waals surface area contributed by atoms with Crippen LogP contribution in [-0.4, -0.2) is 6.71 Å². The maximum Gasteiger partial charge on any atom is 0.216 e. The molecule has 0 aromatic heterocycles. The van der Waals surface area contributed by atoms with Gasteiger partial charge < -0.3 is 0 Å². The molecule has 0 spiro atoms. The second-order valence-electron chi connectivity index (χ2n) is 4.74. The van der Waals surface area contributed by atoms with Crippen molar-refractivity contribution < 1.29 is 8.78 Å². The first-order chi connectivity index (χ1) is 9.24. The molecule has 2 aromatic carbocycles. The largest absolute Gasteiger partial charge is 0.216 e. The summed E-state index contributed by atoms with van der Waals surface area (Å²) in [7, 11) is 0.